The molecule has 0 bridgehead atoms. The number of carbonyl (C=O) groups is 3. The van der Waals surface area contributed by atoms with Gasteiger partial charge in [-0.3, -0.25) is 4.90 Å². The third-order valence-electron chi connectivity index (χ3n) is 4.88. The molecule has 1 unspecified atom stereocenters. The summed E-state index contributed by atoms with van der Waals surface area (Å²) in [5, 5.41) is 8.57. The van der Waals surface area contributed by atoms with E-state index in [1.807, 2.05) is 20.8 Å². The Morgan fingerprint density at radius 1 is 1.19 bits per heavy atom. The smallest absolute Gasteiger partial charge is 0.338 e. The maximum absolute atomic E-state index is 13.0. The molecule has 1 aliphatic heterocycles. The number of anilines is 1. The molecule has 2 rings (SSSR count). The van der Waals surface area contributed by atoms with Gasteiger partial charge in [-0.2, -0.15) is 0 Å². The van der Waals surface area contributed by atoms with E-state index in [9.17, 15) is 14.4 Å². The van der Waals surface area contributed by atoms with Crippen molar-refractivity contribution >= 4 is 23.7 Å². The van der Waals surface area contributed by atoms with E-state index in [0.29, 0.717) is 23.5 Å². The predicted octanol–water partition coefficient (Wildman–Crippen LogP) is 4.70. The first-order valence-electron chi connectivity index (χ1n) is 11.1. The lowest BCUT2D eigenvalue weighted by Crippen LogP contribution is -2.48. The van der Waals surface area contributed by atoms with Crippen LogP contribution >= 0.6 is 0 Å². The summed E-state index contributed by atoms with van der Waals surface area (Å²) in [7, 11) is 0. The first-order valence-corrected chi connectivity index (χ1v) is 11.1. The zero-order valence-corrected chi connectivity index (χ0v) is 20.2. The van der Waals surface area contributed by atoms with Crippen LogP contribution in [0.2, 0.25) is 0 Å². The molecule has 1 heterocycles. The third kappa shape index (κ3) is 6.73. The van der Waals surface area contributed by atoms with Crippen LogP contribution in [-0.4, -0.2) is 41.1 Å². The maximum atomic E-state index is 13.0. The number of carbonyl (C=O) groups excluding carboxylic acids is 3. The molecule has 0 radical (unpaired) electrons. The lowest BCUT2D eigenvalue weighted by Gasteiger charge is -2.35. The second-order valence-electron chi connectivity index (χ2n) is 9.29. The van der Waals surface area contributed by atoms with Crippen LogP contribution in [0.25, 0.3) is 0 Å². The Morgan fingerprint density at radius 2 is 1.81 bits per heavy atom. The molecule has 1 aromatic carbocycles. The molecule has 0 fully saturated rings. The minimum Gasteiger partial charge on any atom is -0.459 e. The molecule has 0 saturated heterocycles. The highest BCUT2D eigenvalue weighted by atomic mass is 16.5. The molecule has 8 nitrogen and oxygen atoms in total. The van der Waals surface area contributed by atoms with Gasteiger partial charge >= 0.3 is 18.0 Å². The highest BCUT2D eigenvalue weighted by molar-refractivity contribution is 5.95. The average Bonchev–Trinajstić information content (AvgIpc) is 2.65. The molecule has 32 heavy (non-hydrogen) atoms. The quantitative estimate of drug-likeness (QED) is 0.531. The third-order valence-corrected chi connectivity index (χ3v) is 4.88. The number of hydrogen-bond acceptors (Lipinski definition) is 4. The number of benzene rings is 1. The van der Waals surface area contributed by atoms with Gasteiger partial charge in [0, 0.05) is 23.5 Å². The zero-order valence-electron chi connectivity index (χ0n) is 20.2. The number of ether oxygens (including phenoxy) is 1. The normalized spacial score (nSPS) is 16.7. The van der Waals surface area contributed by atoms with Crippen LogP contribution < -0.4 is 16.0 Å². The number of hydrogen-bond donors (Lipinski definition) is 3. The van der Waals surface area contributed by atoms with Crippen molar-refractivity contribution < 1.29 is 19.1 Å². The van der Waals surface area contributed by atoms with Crippen molar-refractivity contribution in [3.05, 3.63) is 41.1 Å². The number of rotatable bonds is 7. The minimum atomic E-state index is -0.635. The van der Waals surface area contributed by atoms with Gasteiger partial charge in [-0.05, 0) is 65.7 Å². The van der Waals surface area contributed by atoms with Gasteiger partial charge in [0.1, 0.15) is 0 Å². The molecule has 0 saturated carbocycles. The fourth-order valence-corrected chi connectivity index (χ4v) is 3.42. The van der Waals surface area contributed by atoms with Crippen molar-refractivity contribution in [1.82, 2.24) is 15.5 Å². The summed E-state index contributed by atoms with van der Waals surface area (Å²) in [5.74, 6) is -0.448. The van der Waals surface area contributed by atoms with E-state index in [1.165, 1.54) is 0 Å². The first kappa shape index (κ1) is 25.2. The van der Waals surface area contributed by atoms with Gasteiger partial charge in [0.25, 0.3) is 0 Å². The van der Waals surface area contributed by atoms with E-state index in [-0.39, 0.29) is 23.7 Å². The van der Waals surface area contributed by atoms with E-state index in [1.54, 1.807) is 49.9 Å². The van der Waals surface area contributed by atoms with Gasteiger partial charge in [0.05, 0.1) is 17.7 Å². The summed E-state index contributed by atoms with van der Waals surface area (Å²) in [5.41, 5.74) is 2.00. The number of allylic oxidation sites excluding steroid dienone is 1. The van der Waals surface area contributed by atoms with Crippen LogP contribution in [0, 0.1) is 0 Å². The zero-order chi connectivity index (χ0) is 24.1. The van der Waals surface area contributed by atoms with Crippen molar-refractivity contribution in [2.45, 2.75) is 79.0 Å². The molecule has 8 heteroatoms. The standard InChI is InChI=1S/C24H36N4O4/c1-8-9-14-28-16(4)19(21(29)32-15(2)3)20(26-23(28)31)17-10-12-18(13-11-17)25-22(30)27-24(5,6)7/h10-13,15,20H,8-9,14H2,1-7H3,(H,26,31)(H2,25,27,30). The van der Waals surface area contributed by atoms with Gasteiger partial charge in [-0.15, -0.1) is 0 Å². The number of urea groups is 2. The van der Waals surface area contributed by atoms with Crippen LogP contribution in [0.5, 0.6) is 0 Å². The van der Waals surface area contributed by atoms with Crippen LogP contribution in [0.1, 0.15) is 72.9 Å². The molecule has 1 atom stereocenters. The highest BCUT2D eigenvalue weighted by Crippen LogP contribution is 2.32. The second kappa shape index (κ2) is 10.5. The molecule has 176 valence electrons. The SMILES string of the molecule is CCCCN1C(=O)NC(c2ccc(NC(=O)NC(C)(C)C)cc2)C(C(=O)OC(C)C)=C1C. The summed E-state index contributed by atoms with van der Waals surface area (Å²) in [6.45, 7) is 13.7. The molecule has 1 aromatic rings. The van der Waals surface area contributed by atoms with Gasteiger partial charge < -0.3 is 20.7 Å². The molecule has 0 aromatic heterocycles. The summed E-state index contributed by atoms with van der Waals surface area (Å²) in [6, 6.07) is 5.88. The molecule has 3 N–H and O–H groups in total. The average molecular weight is 445 g/mol. The van der Waals surface area contributed by atoms with Crippen molar-refractivity contribution in [2.75, 3.05) is 11.9 Å². The Kier molecular flexibility index (Phi) is 8.30. The summed E-state index contributed by atoms with van der Waals surface area (Å²) in [6.07, 6.45) is 1.49. The molecular weight excluding hydrogens is 408 g/mol. The first-order chi connectivity index (χ1) is 14.9. The Bertz CT molecular complexity index is 869. The highest BCUT2D eigenvalue weighted by Gasteiger charge is 2.36. The van der Waals surface area contributed by atoms with Crippen molar-refractivity contribution in [1.29, 1.82) is 0 Å². The number of nitrogens with zero attached hydrogens (tertiary/aromatic N) is 1. The molecular formula is C24H36N4O4. The van der Waals surface area contributed by atoms with E-state index in [0.717, 1.165) is 18.4 Å². The Hall–Kier alpha value is -3.03. The summed E-state index contributed by atoms with van der Waals surface area (Å²) in [4.78, 5) is 39.5. The van der Waals surface area contributed by atoms with Gasteiger partial charge in [-0.25, -0.2) is 14.4 Å². The predicted molar refractivity (Wildman–Crippen MR) is 125 cm³/mol. The van der Waals surface area contributed by atoms with Crippen LogP contribution in [0.15, 0.2) is 35.5 Å². The summed E-state index contributed by atoms with van der Waals surface area (Å²) >= 11 is 0. The molecule has 0 aliphatic carbocycles. The minimum absolute atomic E-state index is 0.242. The topological polar surface area (TPSA) is 99.8 Å². The lowest BCUT2D eigenvalue weighted by atomic mass is 9.94. The van der Waals surface area contributed by atoms with Crippen molar-refractivity contribution in [3.63, 3.8) is 0 Å². The maximum Gasteiger partial charge on any atom is 0.338 e. The molecule has 4 amide bonds. The monoisotopic (exact) mass is 444 g/mol. The van der Waals surface area contributed by atoms with Crippen LogP contribution in [-0.2, 0) is 9.53 Å². The fraction of sp³-hybridized carbons (Fsp3) is 0.542. The van der Waals surface area contributed by atoms with E-state index in [2.05, 4.69) is 22.9 Å². The largest absolute Gasteiger partial charge is 0.459 e. The van der Waals surface area contributed by atoms with Crippen LogP contribution in [0.3, 0.4) is 0 Å². The van der Waals surface area contributed by atoms with Gasteiger partial charge in [0.15, 0.2) is 0 Å². The van der Waals surface area contributed by atoms with Crippen LogP contribution in [0.4, 0.5) is 15.3 Å². The van der Waals surface area contributed by atoms with Crippen molar-refractivity contribution in [2.24, 2.45) is 0 Å². The van der Waals surface area contributed by atoms with Gasteiger partial charge in [0.2, 0.25) is 0 Å². The molecule has 0 spiro atoms. The second-order valence-corrected chi connectivity index (χ2v) is 9.29. The Morgan fingerprint density at radius 3 is 2.34 bits per heavy atom. The Labute approximate surface area is 190 Å². The fourth-order valence-electron chi connectivity index (χ4n) is 3.42. The van der Waals surface area contributed by atoms with E-state index >= 15 is 0 Å². The van der Waals surface area contributed by atoms with Gasteiger partial charge in [-0.1, -0.05) is 25.5 Å². The van der Waals surface area contributed by atoms with E-state index < -0.39 is 12.0 Å². The number of esters is 1. The number of unbranched alkanes of at least 4 members (excludes halogenated alkanes) is 1. The summed E-state index contributed by atoms with van der Waals surface area (Å²) < 4.78 is 5.48. The van der Waals surface area contributed by atoms with E-state index in [4.69, 9.17) is 4.74 Å². The number of nitrogens with one attached hydrogen (secondary N) is 3. The Balaban J connectivity index is 2.32. The number of amides is 4. The molecule has 1 aliphatic rings. The van der Waals surface area contributed by atoms with Crippen molar-refractivity contribution in [3.8, 4) is 0 Å². The lowest BCUT2D eigenvalue weighted by molar-refractivity contribution is -0.143.